The molecule has 118 valence electrons. The number of fused-ring (bicyclic) bond motifs is 2. The molecular weight excluding hydrogens is 338 g/mol. The molecule has 8 heteroatoms. The number of aromatic amines is 2. The standard InChI is InChI=1S/C15H12ClN3O3S/c16-10-1-4-14-9(7-10)5-6-19(14)23(21,22)11-2-3-12-13(8-11)18-15(20)17-12/h1-4,7-8H,5-6H2,(H2,17,18,20). The number of nitrogens with one attached hydrogen (secondary N) is 2. The van der Waals surface area contributed by atoms with Crippen LogP contribution in [0, 0.1) is 0 Å². The topological polar surface area (TPSA) is 86.0 Å². The maximum Gasteiger partial charge on any atom is 0.323 e. The van der Waals surface area contributed by atoms with Crippen LogP contribution in [0.25, 0.3) is 11.0 Å². The molecule has 0 aliphatic carbocycles. The van der Waals surface area contributed by atoms with Crippen LogP contribution < -0.4 is 9.99 Å². The van der Waals surface area contributed by atoms with E-state index in [9.17, 15) is 13.2 Å². The number of nitrogens with zero attached hydrogens (tertiary/aromatic N) is 1. The predicted octanol–water partition coefficient (Wildman–Crippen LogP) is 2.26. The number of H-pyrrole nitrogens is 2. The first-order chi connectivity index (χ1) is 10.9. The summed E-state index contributed by atoms with van der Waals surface area (Å²) in [7, 11) is -3.69. The van der Waals surface area contributed by atoms with E-state index >= 15 is 0 Å². The van der Waals surface area contributed by atoms with Crippen molar-refractivity contribution in [3.05, 3.63) is 57.5 Å². The molecule has 2 aromatic carbocycles. The molecule has 1 aromatic heterocycles. The number of sulfonamides is 1. The molecule has 2 N–H and O–H groups in total. The van der Waals surface area contributed by atoms with E-state index in [0.29, 0.717) is 34.7 Å². The zero-order valence-corrected chi connectivity index (χ0v) is 13.4. The van der Waals surface area contributed by atoms with Crippen LogP contribution in [-0.2, 0) is 16.4 Å². The zero-order valence-electron chi connectivity index (χ0n) is 11.8. The minimum Gasteiger partial charge on any atom is -0.306 e. The van der Waals surface area contributed by atoms with Crippen molar-refractivity contribution < 1.29 is 8.42 Å². The van der Waals surface area contributed by atoms with Gasteiger partial charge in [-0.3, -0.25) is 4.31 Å². The summed E-state index contributed by atoms with van der Waals surface area (Å²) in [6.07, 6.45) is 0.623. The third-order valence-corrected chi connectivity index (χ3v) is 6.01. The SMILES string of the molecule is O=c1[nH]c2ccc(S(=O)(=O)N3CCc4cc(Cl)ccc43)cc2[nH]1. The summed E-state index contributed by atoms with van der Waals surface area (Å²) in [6, 6.07) is 9.74. The van der Waals surface area contributed by atoms with Crippen LogP contribution in [0.2, 0.25) is 5.02 Å². The van der Waals surface area contributed by atoms with Crippen molar-refractivity contribution in [2.24, 2.45) is 0 Å². The van der Waals surface area contributed by atoms with Gasteiger partial charge in [-0.05, 0) is 48.4 Å². The van der Waals surface area contributed by atoms with Crippen molar-refractivity contribution in [1.82, 2.24) is 9.97 Å². The number of hydrogen-bond acceptors (Lipinski definition) is 3. The molecule has 0 spiro atoms. The molecule has 6 nitrogen and oxygen atoms in total. The fourth-order valence-electron chi connectivity index (χ4n) is 2.89. The van der Waals surface area contributed by atoms with E-state index in [1.807, 2.05) is 0 Å². The second-order valence-corrected chi connectivity index (χ2v) is 7.69. The monoisotopic (exact) mass is 349 g/mol. The van der Waals surface area contributed by atoms with Crippen LogP contribution in [0.15, 0.2) is 46.1 Å². The summed E-state index contributed by atoms with van der Waals surface area (Å²) in [5.74, 6) is 0. The zero-order chi connectivity index (χ0) is 16.2. The molecule has 0 amide bonds. The minimum absolute atomic E-state index is 0.142. The van der Waals surface area contributed by atoms with Gasteiger partial charge in [0.05, 0.1) is 21.6 Å². The molecule has 1 aliphatic heterocycles. The van der Waals surface area contributed by atoms with Crippen LogP contribution in [0.3, 0.4) is 0 Å². The Labute approximate surface area is 136 Å². The van der Waals surface area contributed by atoms with Crippen LogP contribution in [0.5, 0.6) is 0 Å². The molecule has 0 radical (unpaired) electrons. The molecule has 2 heterocycles. The first-order valence-electron chi connectivity index (χ1n) is 6.98. The third kappa shape index (κ3) is 2.24. The Morgan fingerprint density at radius 1 is 1.04 bits per heavy atom. The molecule has 0 bridgehead atoms. The van der Waals surface area contributed by atoms with Crippen LogP contribution >= 0.6 is 11.6 Å². The number of rotatable bonds is 2. The Bertz CT molecular complexity index is 1080. The number of benzene rings is 2. The number of imidazole rings is 1. The van der Waals surface area contributed by atoms with Crippen molar-refractivity contribution in [3.63, 3.8) is 0 Å². The fourth-order valence-corrected chi connectivity index (χ4v) is 4.61. The van der Waals surface area contributed by atoms with Crippen LogP contribution in [-0.4, -0.2) is 24.9 Å². The molecular formula is C15H12ClN3O3S. The number of aromatic nitrogens is 2. The van der Waals surface area contributed by atoms with Crippen molar-refractivity contribution in [3.8, 4) is 0 Å². The maximum absolute atomic E-state index is 12.9. The van der Waals surface area contributed by atoms with Gasteiger partial charge in [0.15, 0.2) is 0 Å². The smallest absolute Gasteiger partial charge is 0.306 e. The van der Waals surface area contributed by atoms with E-state index in [4.69, 9.17) is 11.6 Å². The Morgan fingerprint density at radius 2 is 1.83 bits per heavy atom. The van der Waals surface area contributed by atoms with Gasteiger partial charge in [0, 0.05) is 11.6 Å². The summed E-state index contributed by atoms with van der Waals surface area (Å²) in [5.41, 5.74) is 2.24. The summed E-state index contributed by atoms with van der Waals surface area (Å²) in [4.78, 5) is 16.6. The minimum atomic E-state index is -3.69. The van der Waals surface area contributed by atoms with Crippen molar-refractivity contribution >= 4 is 38.3 Å². The molecule has 0 saturated carbocycles. The van der Waals surface area contributed by atoms with Gasteiger partial charge in [0.1, 0.15) is 0 Å². The van der Waals surface area contributed by atoms with E-state index < -0.39 is 10.0 Å². The highest BCUT2D eigenvalue weighted by Crippen LogP contribution is 2.34. The van der Waals surface area contributed by atoms with E-state index in [1.165, 1.54) is 16.4 Å². The molecule has 0 fully saturated rings. The first kappa shape index (κ1) is 14.3. The Kier molecular flexibility index (Phi) is 3.04. The van der Waals surface area contributed by atoms with Gasteiger partial charge in [-0.2, -0.15) is 0 Å². The quantitative estimate of drug-likeness (QED) is 0.744. The first-order valence-corrected chi connectivity index (χ1v) is 8.80. The normalized spacial score (nSPS) is 14.4. The highest BCUT2D eigenvalue weighted by molar-refractivity contribution is 7.92. The average molecular weight is 350 g/mol. The molecule has 0 unspecified atom stereocenters. The summed E-state index contributed by atoms with van der Waals surface area (Å²) in [6.45, 7) is 0.375. The van der Waals surface area contributed by atoms with Crippen LogP contribution in [0.4, 0.5) is 5.69 Å². The maximum atomic E-state index is 12.9. The highest BCUT2D eigenvalue weighted by atomic mass is 35.5. The molecule has 4 rings (SSSR count). The van der Waals surface area contributed by atoms with Gasteiger partial charge in [0.25, 0.3) is 10.0 Å². The largest absolute Gasteiger partial charge is 0.323 e. The van der Waals surface area contributed by atoms with Gasteiger partial charge in [-0.1, -0.05) is 11.6 Å². The van der Waals surface area contributed by atoms with Gasteiger partial charge in [-0.25, -0.2) is 13.2 Å². The van der Waals surface area contributed by atoms with Crippen LogP contribution in [0.1, 0.15) is 5.56 Å². The second kappa shape index (κ2) is 4.87. The molecule has 23 heavy (non-hydrogen) atoms. The summed E-state index contributed by atoms with van der Waals surface area (Å²) >= 11 is 5.96. The molecule has 0 atom stereocenters. The van der Waals surface area contributed by atoms with E-state index in [2.05, 4.69) is 9.97 Å². The molecule has 3 aromatic rings. The lowest BCUT2D eigenvalue weighted by Gasteiger charge is -2.19. The predicted molar refractivity (Wildman–Crippen MR) is 88.6 cm³/mol. The summed E-state index contributed by atoms with van der Waals surface area (Å²) < 4.78 is 27.2. The van der Waals surface area contributed by atoms with Gasteiger partial charge < -0.3 is 9.97 Å². The lowest BCUT2D eigenvalue weighted by molar-refractivity contribution is 0.592. The summed E-state index contributed by atoms with van der Waals surface area (Å²) in [5, 5.41) is 0.592. The molecule has 1 aliphatic rings. The van der Waals surface area contributed by atoms with Gasteiger partial charge in [0.2, 0.25) is 0 Å². The fraction of sp³-hybridized carbons (Fsp3) is 0.133. The highest BCUT2D eigenvalue weighted by Gasteiger charge is 2.31. The Balaban J connectivity index is 1.83. The van der Waals surface area contributed by atoms with E-state index in [1.54, 1.807) is 24.3 Å². The average Bonchev–Trinajstić information content (AvgIpc) is 3.08. The Hall–Kier alpha value is -2.25. The molecule has 0 saturated heterocycles. The van der Waals surface area contributed by atoms with Crippen molar-refractivity contribution in [2.45, 2.75) is 11.3 Å². The van der Waals surface area contributed by atoms with E-state index in [-0.39, 0.29) is 10.6 Å². The Morgan fingerprint density at radius 3 is 2.65 bits per heavy atom. The second-order valence-electron chi connectivity index (χ2n) is 5.39. The third-order valence-electron chi connectivity index (χ3n) is 3.97. The van der Waals surface area contributed by atoms with Gasteiger partial charge in [-0.15, -0.1) is 0 Å². The lowest BCUT2D eigenvalue weighted by atomic mass is 10.2. The lowest BCUT2D eigenvalue weighted by Crippen LogP contribution is -2.29. The van der Waals surface area contributed by atoms with Crippen molar-refractivity contribution in [1.29, 1.82) is 0 Å². The number of anilines is 1. The van der Waals surface area contributed by atoms with E-state index in [0.717, 1.165) is 5.56 Å². The number of hydrogen-bond donors (Lipinski definition) is 2. The number of halogens is 1. The van der Waals surface area contributed by atoms with Gasteiger partial charge >= 0.3 is 5.69 Å². The van der Waals surface area contributed by atoms with Crippen molar-refractivity contribution in [2.75, 3.05) is 10.8 Å².